The molecule has 3 rings (SSSR count). The first-order chi connectivity index (χ1) is 10.3. The number of hydrogen-bond donors (Lipinski definition) is 0. The molecule has 0 spiro atoms. The van der Waals surface area contributed by atoms with Gasteiger partial charge in [0.1, 0.15) is 11.1 Å². The zero-order chi connectivity index (χ0) is 14.7. The average molecular weight is 291 g/mol. The summed E-state index contributed by atoms with van der Waals surface area (Å²) in [7, 11) is 0. The molecule has 0 bridgehead atoms. The molecule has 0 radical (unpaired) electrons. The van der Waals surface area contributed by atoms with Crippen molar-refractivity contribution in [1.29, 1.82) is 5.26 Å². The number of nitrogens with zero attached hydrogens (tertiary/aromatic N) is 3. The molecule has 100 valence electrons. The summed E-state index contributed by atoms with van der Waals surface area (Å²) < 4.78 is 0.819. The van der Waals surface area contributed by atoms with E-state index in [1.54, 1.807) is 36.7 Å². The molecule has 0 amide bonds. The minimum absolute atomic E-state index is 0.313. The lowest BCUT2D eigenvalue weighted by molar-refractivity contribution is 1.28. The first-order valence-corrected chi connectivity index (χ1v) is 7.01. The van der Waals surface area contributed by atoms with Crippen LogP contribution in [0.15, 0.2) is 53.6 Å². The second-order valence-corrected chi connectivity index (χ2v) is 5.31. The predicted octanol–water partition coefficient (Wildman–Crippen LogP) is 3.12. The Morgan fingerprint density at radius 1 is 1.24 bits per heavy atom. The molecule has 0 aliphatic heterocycles. The van der Waals surface area contributed by atoms with Gasteiger partial charge in [0.05, 0.1) is 11.0 Å². The van der Waals surface area contributed by atoms with Crippen molar-refractivity contribution in [1.82, 2.24) is 9.97 Å². The Kier molecular flexibility index (Phi) is 3.54. The third-order valence-electron chi connectivity index (χ3n) is 2.87. The fourth-order valence-corrected chi connectivity index (χ4v) is 2.86. The molecule has 1 aromatic carbocycles. The van der Waals surface area contributed by atoms with E-state index in [1.165, 1.54) is 11.3 Å². The fourth-order valence-electron chi connectivity index (χ4n) is 1.90. The Labute approximate surface area is 124 Å². The zero-order valence-corrected chi connectivity index (χ0v) is 11.7. The molecular weight excluding hydrogens is 282 g/mol. The summed E-state index contributed by atoms with van der Waals surface area (Å²) in [5, 5.41) is 10.3. The van der Waals surface area contributed by atoms with E-state index in [9.17, 15) is 10.1 Å². The fraction of sp³-hybridized carbons (Fsp3) is 0. The number of fused-ring (bicyclic) bond motifs is 1. The highest BCUT2D eigenvalue weighted by molar-refractivity contribution is 7.19. The van der Waals surface area contributed by atoms with Gasteiger partial charge in [0.25, 0.3) is 5.56 Å². The molecule has 0 N–H and O–H groups in total. The van der Waals surface area contributed by atoms with Gasteiger partial charge in [0.15, 0.2) is 0 Å². The second kappa shape index (κ2) is 5.65. The Morgan fingerprint density at radius 3 is 2.86 bits per heavy atom. The van der Waals surface area contributed by atoms with E-state index in [1.807, 2.05) is 18.2 Å². The molecular formula is C16H9N3OS. The lowest BCUT2D eigenvalue weighted by Crippen LogP contribution is -2.07. The number of nitriles is 1. The van der Waals surface area contributed by atoms with Crippen LogP contribution >= 0.6 is 11.3 Å². The van der Waals surface area contributed by atoms with Gasteiger partial charge in [-0.1, -0.05) is 18.2 Å². The van der Waals surface area contributed by atoms with Crippen LogP contribution in [0.4, 0.5) is 0 Å². The van der Waals surface area contributed by atoms with Crippen LogP contribution in [-0.4, -0.2) is 9.97 Å². The van der Waals surface area contributed by atoms with Crippen LogP contribution in [-0.2, 0) is 0 Å². The Morgan fingerprint density at radius 2 is 2.10 bits per heavy atom. The highest BCUT2D eigenvalue weighted by atomic mass is 32.1. The molecule has 0 unspecified atom stereocenters. The summed E-state index contributed by atoms with van der Waals surface area (Å²) in [6.07, 6.45) is 5.00. The number of pyridine rings is 1. The van der Waals surface area contributed by atoms with Gasteiger partial charge in [0.2, 0.25) is 0 Å². The third kappa shape index (κ3) is 2.71. The van der Waals surface area contributed by atoms with Gasteiger partial charge < -0.3 is 0 Å². The Hall–Kier alpha value is -2.84. The minimum Gasteiger partial charge on any atom is -0.267 e. The topological polar surface area (TPSA) is 66.6 Å². The monoisotopic (exact) mass is 291 g/mol. The molecule has 0 aliphatic carbocycles. The van der Waals surface area contributed by atoms with Crippen molar-refractivity contribution in [3.05, 3.63) is 69.7 Å². The highest BCUT2D eigenvalue weighted by Gasteiger charge is 2.08. The van der Waals surface area contributed by atoms with Gasteiger partial charge in [0, 0.05) is 17.1 Å². The minimum atomic E-state index is -0.313. The van der Waals surface area contributed by atoms with Gasteiger partial charge in [-0.05, 0) is 29.8 Å². The van der Waals surface area contributed by atoms with Gasteiger partial charge in [-0.2, -0.15) is 10.2 Å². The van der Waals surface area contributed by atoms with Crippen LogP contribution in [0.2, 0.25) is 0 Å². The van der Waals surface area contributed by atoms with E-state index in [-0.39, 0.29) is 5.56 Å². The van der Waals surface area contributed by atoms with Gasteiger partial charge >= 0.3 is 0 Å². The third-order valence-corrected chi connectivity index (χ3v) is 3.95. The predicted molar refractivity (Wildman–Crippen MR) is 83.6 cm³/mol. The molecule has 0 aliphatic rings. The first kappa shape index (κ1) is 13.2. The Bertz CT molecular complexity index is 923. The van der Waals surface area contributed by atoms with Gasteiger partial charge in [-0.15, -0.1) is 11.3 Å². The number of hydrogen-bond acceptors (Lipinski definition) is 5. The van der Waals surface area contributed by atoms with Crippen molar-refractivity contribution in [2.24, 2.45) is 0 Å². The molecule has 4 nitrogen and oxygen atoms in total. The van der Waals surface area contributed by atoms with Gasteiger partial charge in [-0.3, -0.25) is 9.78 Å². The van der Waals surface area contributed by atoms with Crippen molar-refractivity contribution >= 4 is 33.1 Å². The van der Waals surface area contributed by atoms with Gasteiger partial charge in [-0.25, -0.2) is 0 Å². The normalized spacial score (nSPS) is 11.3. The average Bonchev–Trinajstić information content (AvgIpc) is 2.53. The molecule has 0 fully saturated rings. The number of allylic oxidation sites excluding steroid dienone is 1. The molecule has 2 aromatic heterocycles. The summed E-state index contributed by atoms with van der Waals surface area (Å²) >= 11 is 1.33. The molecule has 0 saturated heterocycles. The standard InChI is InChI=1S/C16H9N3OS/c17-9-12(8-11-4-3-7-18-10-11)16-19-15(20)13-5-1-2-6-14(13)21-16/h1-8,10H/b12-8+. The summed E-state index contributed by atoms with van der Waals surface area (Å²) in [6, 6.07) is 13.0. The van der Waals surface area contributed by atoms with Crippen molar-refractivity contribution in [3.8, 4) is 6.07 Å². The summed E-state index contributed by atoms with van der Waals surface area (Å²) in [5.41, 5.74) is 0.839. The highest BCUT2D eigenvalue weighted by Crippen LogP contribution is 2.23. The molecule has 0 saturated carbocycles. The first-order valence-electron chi connectivity index (χ1n) is 6.20. The van der Waals surface area contributed by atoms with Crippen LogP contribution < -0.4 is 5.56 Å². The summed E-state index contributed by atoms with van der Waals surface area (Å²) in [5.74, 6) is 0. The van der Waals surface area contributed by atoms with Crippen molar-refractivity contribution < 1.29 is 0 Å². The smallest absolute Gasteiger partial charge is 0.267 e. The van der Waals surface area contributed by atoms with Crippen LogP contribution in [0, 0.1) is 11.3 Å². The van der Waals surface area contributed by atoms with E-state index < -0.39 is 0 Å². The summed E-state index contributed by atoms with van der Waals surface area (Å²) in [6.45, 7) is 0. The van der Waals surface area contributed by atoms with Crippen LogP contribution in [0.5, 0.6) is 0 Å². The van der Waals surface area contributed by atoms with E-state index in [4.69, 9.17) is 0 Å². The maximum Gasteiger partial charge on any atom is 0.279 e. The Balaban J connectivity index is 2.17. The van der Waals surface area contributed by atoms with Crippen molar-refractivity contribution in [2.75, 3.05) is 0 Å². The SMILES string of the molecule is N#C/C(=C\c1cccnc1)c1nc(=O)c2ccccc2s1. The molecule has 0 atom stereocenters. The second-order valence-electron chi connectivity index (χ2n) is 4.28. The van der Waals surface area contributed by atoms with Crippen molar-refractivity contribution in [3.63, 3.8) is 0 Å². The van der Waals surface area contributed by atoms with Crippen LogP contribution in [0.25, 0.3) is 21.7 Å². The van der Waals surface area contributed by atoms with Crippen LogP contribution in [0.3, 0.4) is 0 Å². The lowest BCUT2D eigenvalue weighted by Gasteiger charge is -2.00. The lowest BCUT2D eigenvalue weighted by atomic mass is 10.2. The summed E-state index contributed by atoms with van der Waals surface area (Å²) in [4.78, 5) is 20.0. The zero-order valence-electron chi connectivity index (χ0n) is 10.9. The molecule has 3 aromatic rings. The van der Waals surface area contributed by atoms with Crippen molar-refractivity contribution in [2.45, 2.75) is 0 Å². The van der Waals surface area contributed by atoms with E-state index in [0.717, 1.165) is 10.3 Å². The molecule has 5 heteroatoms. The van der Waals surface area contributed by atoms with E-state index in [2.05, 4.69) is 16.0 Å². The van der Waals surface area contributed by atoms with E-state index >= 15 is 0 Å². The number of aromatic nitrogens is 2. The van der Waals surface area contributed by atoms with Crippen LogP contribution in [0.1, 0.15) is 10.6 Å². The van der Waals surface area contributed by atoms with E-state index in [0.29, 0.717) is 16.0 Å². The maximum absolute atomic E-state index is 12.0. The number of benzene rings is 1. The quantitative estimate of drug-likeness (QED) is 0.680. The number of rotatable bonds is 2. The largest absolute Gasteiger partial charge is 0.279 e. The molecule has 21 heavy (non-hydrogen) atoms. The molecule has 2 heterocycles. The maximum atomic E-state index is 12.0.